The summed E-state index contributed by atoms with van der Waals surface area (Å²) in [5, 5.41) is -0.00823. The highest BCUT2D eigenvalue weighted by atomic mass is 79.9. The highest BCUT2D eigenvalue weighted by Crippen LogP contribution is 2.25. The van der Waals surface area contributed by atoms with E-state index in [1.165, 1.54) is 20.2 Å². The number of halogens is 3. The number of benzene rings is 1. The lowest BCUT2D eigenvalue weighted by Gasteiger charge is -2.20. The number of methoxy groups -OCH3 is 1. The van der Waals surface area contributed by atoms with Crippen molar-refractivity contribution in [1.29, 1.82) is 0 Å². The minimum absolute atomic E-state index is 0.00823. The first kappa shape index (κ1) is 16.8. The Labute approximate surface area is 125 Å². The van der Waals surface area contributed by atoms with Crippen LogP contribution in [-0.2, 0) is 14.8 Å². The van der Waals surface area contributed by atoms with Crippen molar-refractivity contribution in [3.8, 4) is 0 Å². The Morgan fingerprint density at radius 1 is 1.53 bits per heavy atom. The van der Waals surface area contributed by atoms with Gasteiger partial charge in [0.1, 0.15) is 10.7 Å². The molecule has 1 aromatic carbocycles. The van der Waals surface area contributed by atoms with E-state index in [4.69, 9.17) is 16.3 Å². The van der Waals surface area contributed by atoms with Crippen molar-refractivity contribution in [3.63, 3.8) is 0 Å². The van der Waals surface area contributed by atoms with Crippen molar-refractivity contribution in [3.05, 3.63) is 29.0 Å². The summed E-state index contributed by atoms with van der Waals surface area (Å²) in [5.41, 5.74) is 0. The van der Waals surface area contributed by atoms with Crippen LogP contribution >= 0.6 is 27.5 Å². The minimum Gasteiger partial charge on any atom is -0.383 e. The molecule has 1 rings (SSSR count). The van der Waals surface area contributed by atoms with Gasteiger partial charge in [-0.05, 0) is 18.2 Å². The quantitative estimate of drug-likeness (QED) is 0.719. The molecule has 0 spiro atoms. The van der Waals surface area contributed by atoms with E-state index in [1.807, 2.05) is 0 Å². The molecule has 0 fully saturated rings. The van der Waals surface area contributed by atoms with Crippen LogP contribution in [0.2, 0.25) is 5.02 Å². The van der Waals surface area contributed by atoms with Crippen molar-refractivity contribution in [2.75, 3.05) is 27.3 Å². The van der Waals surface area contributed by atoms with Crippen LogP contribution in [0, 0.1) is 5.82 Å². The fourth-order valence-electron chi connectivity index (χ4n) is 1.45. The highest BCUT2D eigenvalue weighted by molar-refractivity contribution is 9.09. The van der Waals surface area contributed by atoms with Crippen LogP contribution in [0.5, 0.6) is 0 Å². The monoisotopic (exact) mass is 373 g/mol. The predicted molar refractivity (Wildman–Crippen MR) is 75.8 cm³/mol. The lowest BCUT2D eigenvalue weighted by atomic mass is 10.3. The number of hydrogen-bond donors (Lipinski definition) is 0. The van der Waals surface area contributed by atoms with Crippen molar-refractivity contribution >= 4 is 37.6 Å². The molecular weight excluding hydrogens is 361 g/mol. The molecule has 0 aliphatic carbocycles. The Hall–Kier alpha value is -0.210. The lowest BCUT2D eigenvalue weighted by molar-refractivity contribution is 0.195. The van der Waals surface area contributed by atoms with Gasteiger partial charge in [0.2, 0.25) is 10.0 Å². The van der Waals surface area contributed by atoms with Crippen LogP contribution in [0.15, 0.2) is 23.1 Å². The predicted octanol–water partition coefficient (Wildman–Crippen LogP) is 2.51. The maximum absolute atomic E-state index is 13.2. The second kappa shape index (κ2) is 6.99. The van der Waals surface area contributed by atoms with Gasteiger partial charge in [-0.15, -0.1) is 0 Å². The van der Waals surface area contributed by atoms with E-state index in [0.29, 0.717) is 6.61 Å². The van der Waals surface area contributed by atoms with Gasteiger partial charge >= 0.3 is 0 Å². The van der Waals surface area contributed by atoms with E-state index in [-0.39, 0.29) is 21.3 Å². The van der Waals surface area contributed by atoms with Gasteiger partial charge in [-0.3, -0.25) is 0 Å². The zero-order valence-electron chi connectivity index (χ0n) is 10.4. The molecule has 0 aliphatic rings. The second-order valence-electron chi connectivity index (χ2n) is 3.91. The number of nitrogens with zero attached hydrogens (tertiary/aromatic N) is 1. The van der Waals surface area contributed by atoms with E-state index < -0.39 is 15.8 Å². The summed E-state index contributed by atoms with van der Waals surface area (Å²) >= 11 is 9.11. The normalized spacial score (nSPS) is 13.8. The highest BCUT2D eigenvalue weighted by Gasteiger charge is 2.25. The number of alkyl halides is 1. The molecule has 1 aromatic rings. The van der Waals surface area contributed by atoms with Crippen LogP contribution in [-0.4, -0.2) is 44.9 Å². The van der Waals surface area contributed by atoms with Gasteiger partial charge in [-0.1, -0.05) is 27.5 Å². The first-order chi connectivity index (χ1) is 8.78. The molecule has 108 valence electrons. The van der Waals surface area contributed by atoms with E-state index in [0.717, 1.165) is 16.4 Å². The average Bonchev–Trinajstić information content (AvgIpc) is 2.32. The van der Waals surface area contributed by atoms with Crippen LogP contribution in [0.4, 0.5) is 4.39 Å². The zero-order chi connectivity index (χ0) is 14.6. The Morgan fingerprint density at radius 2 is 2.16 bits per heavy atom. The third-order valence-electron chi connectivity index (χ3n) is 2.38. The SMILES string of the molecule is COCC(Br)CN(C)S(=O)(=O)c1cc(F)ccc1Cl. The summed E-state index contributed by atoms with van der Waals surface area (Å²) in [6.45, 7) is 0.541. The third-order valence-corrected chi connectivity index (χ3v) is 5.24. The summed E-state index contributed by atoms with van der Waals surface area (Å²) in [7, 11) is -0.906. The molecule has 0 saturated carbocycles. The fraction of sp³-hybridized carbons (Fsp3) is 0.455. The fourth-order valence-corrected chi connectivity index (χ4v) is 4.04. The summed E-state index contributed by atoms with van der Waals surface area (Å²) in [5.74, 6) is -0.649. The molecule has 0 radical (unpaired) electrons. The maximum atomic E-state index is 13.2. The molecule has 4 nitrogen and oxygen atoms in total. The van der Waals surface area contributed by atoms with Gasteiger partial charge in [0, 0.05) is 20.7 Å². The molecule has 19 heavy (non-hydrogen) atoms. The Balaban J connectivity index is 3.00. The Kier molecular flexibility index (Phi) is 6.19. The van der Waals surface area contributed by atoms with Crippen molar-refractivity contribution in [2.24, 2.45) is 0 Å². The lowest BCUT2D eigenvalue weighted by Crippen LogP contribution is -2.34. The first-order valence-corrected chi connectivity index (χ1v) is 8.06. The van der Waals surface area contributed by atoms with Crippen LogP contribution in [0.3, 0.4) is 0 Å². The van der Waals surface area contributed by atoms with E-state index in [9.17, 15) is 12.8 Å². The minimum atomic E-state index is -3.83. The number of hydrogen-bond acceptors (Lipinski definition) is 3. The van der Waals surface area contributed by atoms with Gasteiger partial charge < -0.3 is 4.74 Å². The summed E-state index contributed by atoms with van der Waals surface area (Å²) in [6.07, 6.45) is 0. The van der Waals surface area contributed by atoms with Gasteiger partial charge in [0.05, 0.1) is 16.5 Å². The maximum Gasteiger partial charge on any atom is 0.244 e. The zero-order valence-corrected chi connectivity index (χ0v) is 13.6. The van der Waals surface area contributed by atoms with E-state index in [2.05, 4.69) is 15.9 Å². The van der Waals surface area contributed by atoms with Crippen molar-refractivity contribution in [2.45, 2.75) is 9.72 Å². The number of rotatable bonds is 6. The molecule has 8 heteroatoms. The topological polar surface area (TPSA) is 46.6 Å². The number of sulfonamides is 1. The van der Waals surface area contributed by atoms with Crippen molar-refractivity contribution in [1.82, 2.24) is 4.31 Å². The standard InChI is InChI=1S/C11H14BrClFNO3S/c1-15(6-8(12)7-18-2)19(16,17)11-5-9(14)3-4-10(11)13/h3-5,8H,6-7H2,1-2H3. The van der Waals surface area contributed by atoms with Crippen LogP contribution < -0.4 is 0 Å². The molecule has 0 N–H and O–H groups in total. The number of ether oxygens (including phenoxy) is 1. The molecular formula is C11H14BrClFNO3S. The average molecular weight is 375 g/mol. The molecule has 1 atom stereocenters. The molecule has 0 heterocycles. The van der Waals surface area contributed by atoms with Crippen LogP contribution in [0.25, 0.3) is 0 Å². The summed E-state index contributed by atoms with van der Waals surface area (Å²) < 4.78 is 43.7. The Morgan fingerprint density at radius 3 is 2.74 bits per heavy atom. The third kappa shape index (κ3) is 4.39. The molecule has 1 unspecified atom stereocenters. The van der Waals surface area contributed by atoms with E-state index in [1.54, 1.807) is 0 Å². The van der Waals surface area contributed by atoms with Gasteiger partial charge in [0.25, 0.3) is 0 Å². The van der Waals surface area contributed by atoms with Gasteiger partial charge in [-0.25, -0.2) is 12.8 Å². The molecule has 0 aromatic heterocycles. The molecule has 0 bridgehead atoms. The molecule has 0 aliphatic heterocycles. The summed E-state index contributed by atoms with van der Waals surface area (Å²) in [4.78, 5) is -0.404. The molecule has 0 saturated heterocycles. The van der Waals surface area contributed by atoms with Crippen LogP contribution in [0.1, 0.15) is 0 Å². The first-order valence-electron chi connectivity index (χ1n) is 5.33. The van der Waals surface area contributed by atoms with Gasteiger partial charge in [-0.2, -0.15) is 4.31 Å². The largest absolute Gasteiger partial charge is 0.383 e. The van der Waals surface area contributed by atoms with Gasteiger partial charge in [0.15, 0.2) is 0 Å². The molecule has 0 amide bonds. The van der Waals surface area contributed by atoms with E-state index >= 15 is 0 Å². The van der Waals surface area contributed by atoms with Crippen molar-refractivity contribution < 1.29 is 17.5 Å². The second-order valence-corrected chi connectivity index (χ2v) is 7.63. The Bertz CT molecular complexity index is 541. The smallest absolute Gasteiger partial charge is 0.244 e. The summed E-state index contributed by atoms with van der Waals surface area (Å²) in [6, 6.07) is 3.24.